The van der Waals surface area contributed by atoms with Gasteiger partial charge in [-0.25, -0.2) is 0 Å². The molecule has 0 saturated carbocycles. The predicted molar refractivity (Wildman–Crippen MR) is 105 cm³/mol. The van der Waals surface area contributed by atoms with Gasteiger partial charge >= 0.3 is 0 Å². The standard InChI is InChI=1S/C22H20N2O5/c25-21(16-8-9-19-20(12-16)29-14-28-19)24-18(11-15-5-2-1-3-6-15)22(26)23-13-17-7-4-10-27-17/h1-10,12,18H,11,13-14H2,(H,23,26)(H,24,25)/t18-/m0/s1. The van der Waals surface area contributed by atoms with Gasteiger partial charge in [0.15, 0.2) is 11.5 Å². The molecule has 0 saturated heterocycles. The third kappa shape index (κ3) is 4.57. The van der Waals surface area contributed by atoms with Gasteiger partial charge in [0.25, 0.3) is 5.91 Å². The van der Waals surface area contributed by atoms with Crippen molar-refractivity contribution in [1.29, 1.82) is 0 Å². The van der Waals surface area contributed by atoms with Crippen LogP contribution >= 0.6 is 0 Å². The average Bonchev–Trinajstić information content (AvgIpc) is 3.43. The molecule has 0 spiro atoms. The molecule has 148 valence electrons. The molecule has 1 aliphatic heterocycles. The number of ether oxygens (including phenoxy) is 2. The van der Waals surface area contributed by atoms with Crippen LogP contribution < -0.4 is 20.1 Å². The molecule has 0 radical (unpaired) electrons. The summed E-state index contributed by atoms with van der Waals surface area (Å²) in [6, 6.07) is 17.2. The fourth-order valence-corrected chi connectivity index (χ4v) is 3.05. The molecule has 0 fully saturated rings. The van der Waals surface area contributed by atoms with Gasteiger partial charge in [-0.15, -0.1) is 0 Å². The van der Waals surface area contributed by atoms with Crippen LogP contribution in [0.3, 0.4) is 0 Å². The van der Waals surface area contributed by atoms with Gasteiger partial charge in [0.05, 0.1) is 12.8 Å². The molecular weight excluding hydrogens is 372 g/mol. The van der Waals surface area contributed by atoms with E-state index in [1.165, 1.54) is 0 Å². The van der Waals surface area contributed by atoms with Crippen LogP contribution in [-0.2, 0) is 17.8 Å². The molecule has 7 nitrogen and oxygen atoms in total. The van der Waals surface area contributed by atoms with E-state index in [9.17, 15) is 9.59 Å². The summed E-state index contributed by atoms with van der Waals surface area (Å²) in [6.07, 6.45) is 1.91. The number of carbonyl (C=O) groups excluding carboxylic acids is 2. The summed E-state index contributed by atoms with van der Waals surface area (Å²) in [4.78, 5) is 25.6. The molecule has 2 N–H and O–H groups in total. The normalized spacial score (nSPS) is 13.0. The molecule has 0 aliphatic carbocycles. The minimum atomic E-state index is -0.745. The first-order chi connectivity index (χ1) is 14.2. The summed E-state index contributed by atoms with van der Waals surface area (Å²) in [5.41, 5.74) is 1.34. The maximum atomic E-state index is 12.8. The van der Waals surface area contributed by atoms with Gasteiger partial charge in [0, 0.05) is 12.0 Å². The summed E-state index contributed by atoms with van der Waals surface area (Å²) >= 11 is 0. The van der Waals surface area contributed by atoms with Crippen LogP contribution in [0.15, 0.2) is 71.3 Å². The number of furan rings is 1. The fourth-order valence-electron chi connectivity index (χ4n) is 3.05. The number of hydrogen-bond acceptors (Lipinski definition) is 5. The second kappa shape index (κ2) is 8.52. The third-order valence-corrected chi connectivity index (χ3v) is 4.56. The van der Waals surface area contributed by atoms with Crippen molar-refractivity contribution in [2.45, 2.75) is 19.0 Å². The van der Waals surface area contributed by atoms with Crippen LogP contribution in [0.4, 0.5) is 0 Å². The fraction of sp³-hybridized carbons (Fsp3) is 0.182. The Morgan fingerprint density at radius 2 is 1.79 bits per heavy atom. The molecule has 2 heterocycles. The Bertz CT molecular complexity index is 986. The number of hydrogen-bond donors (Lipinski definition) is 2. The predicted octanol–water partition coefficient (Wildman–Crippen LogP) is 2.67. The Hall–Kier alpha value is -3.74. The topological polar surface area (TPSA) is 89.8 Å². The Balaban J connectivity index is 1.47. The molecule has 4 rings (SSSR count). The summed E-state index contributed by atoms with van der Waals surface area (Å²) in [6.45, 7) is 0.378. The summed E-state index contributed by atoms with van der Waals surface area (Å²) in [5, 5.41) is 5.64. The van der Waals surface area contributed by atoms with Crippen molar-refractivity contribution in [2.24, 2.45) is 0 Å². The van der Waals surface area contributed by atoms with Crippen molar-refractivity contribution in [3.8, 4) is 11.5 Å². The van der Waals surface area contributed by atoms with E-state index in [1.54, 1.807) is 36.6 Å². The summed E-state index contributed by atoms with van der Waals surface area (Å²) in [5.74, 6) is 1.09. The van der Waals surface area contributed by atoms with Crippen LogP contribution in [0.2, 0.25) is 0 Å². The van der Waals surface area contributed by atoms with Gasteiger partial charge < -0.3 is 24.5 Å². The minimum absolute atomic E-state index is 0.131. The lowest BCUT2D eigenvalue weighted by Crippen LogP contribution is -2.47. The Morgan fingerprint density at radius 3 is 2.59 bits per heavy atom. The lowest BCUT2D eigenvalue weighted by Gasteiger charge is -2.18. The van der Waals surface area contributed by atoms with E-state index in [0.717, 1.165) is 5.56 Å². The van der Waals surface area contributed by atoms with E-state index in [0.29, 0.717) is 29.2 Å². The number of rotatable bonds is 7. The van der Waals surface area contributed by atoms with Crippen molar-refractivity contribution in [2.75, 3.05) is 6.79 Å². The second-order valence-corrected chi connectivity index (χ2v) is 6.58. The summed E-state index contributed by atoms with van der Waals surface area (Å²) in [7, 11) is 0. The number of carbonyl (C=O) groups is 2. The SMILES string of the molecule is O=C(N[C@@H](Cc1ccccc1)C(=O)NCc1ccco1)c1ccc2c(c1)OCO2. The highest BCUT2D eigenvalue weighted by atomic mass is 16.7. The quantitative estimate of drug-likeness (QED) is 0.645. The number of amides is 2. The third-order valence-electron chi connectivity index (χ3n) is 4.56. The minimum Gasteiger partial charge on any atom is -0.467 e. The van der Waals surface area contributed by atoms with E-state index in [2.05, 4.69) is 10.6 Å². The van der Waals surface area contributed by atoms with E-state index < -0.39 is 6.04 Å². The van der Waals surface area contributed by atoms with Gasteiger partial charge in [-0.2, -0.15) is 0 Å². The molecule has 2 amide bonds. The number of nitrogens with one attached hydrogen (secondary N) is 2. The Labute approximate surface area is 167 Å². The molecule has 3 aromatic rings. The van der Waals surface area contributed by atoms with Crippen molar-refractivity contribution < 1.29 is 23.5 Å². The second-order valence-electron chi connectivity index (χ2n) is 6.58. The highest BCUT2D eigenvalue weighted by Gasteiger charge is 2.23. The molecule has 7 heteroatoms. The van der Waals surface area contributed by atoms with E-state index in [-0.39, 0.29) is 25.2 Å². The van der Waals surface area contributed by atoms with Gasteiger partial charge in [-0.1, -0.05) is 30.3 Å². The Kier molecular flexibility index (Phi) is 5.47. The molecule has 1 aliphatic rings. The maximum absolute atomic E-state index is 12.8. The lowest BCUT2D eigenvalue weighted by molar-refractivity contribution is -0.123. The molecule has 1 atom stereocenters. The summed E-state index contributed by atoms with van der Waals surface area (Å²) < 4.78 is 15.8. The molecule has 1 aromatic heterocycles. The first-order valence-electron chi connectivity index (χ1n) is 9.23. The molecule has 29 heavy (non-hydrogen) atoms. The van der Waals surface area contributed by atoms with E-state index in [4.69, 9.17) is 13.9 Å². The number of fused-ring (bicyclic) bond motifs is 1. The van der Waals surface area contributed by atoms with Crippen LogP contribution in [0, 0.1) is 0 Å². The monoisotopic (exact) mass is 392 g/mol. The van der Waals surface area contributed by atoms with Gasteiger partial charge in [-0.3, -0.25) is 9.59 Å². The van der Waals surface area contributed by atoms with Crippen LogP contribution in [0.5, 0.6) is 11.5 Å². The highest BCUT2D eigenvalue weighted by molar-refractivity contribution is 5.98. The molecular formula is C22H20N2O5. The highest BCUT2D eigenvalue weighted by Crippen LogP contribution is 2.32. The van der Waals surface area contributed by atoms with Crippen molar-refractivity contribution in [3.63, 3.8) is 0 Å². The largest absolute Gasteiger partial charge is 0.467 e. The van der Waals surface area contributed by atoms with Gasteiger partial charge in [0.1, 0.15) is 11.8 Å². The zero-order valence-corrected chi connectivity index (χ0v) is 15.6. The van der Waals surface area contributed by atoms with Crippen molar-refractivity contribution in [3.05, 3.63) is 83.8 Å². The maximum Gasteiger partial charge on any atom is 0.252 e. The average molecular weight is 392 g/mol. The molecule has 2 aromatic carbocycles. The Morgan fingerprint density at radius 1 is 0.966 bits per heavy atom. The first kappa shape index (κ1) is 18.6. The van der Waals surface area contributed by atoms with Gasteiger partial charge in [-0.05, 0) is 35.9 Å². The van der Waals surface area contributed by atoms with Crippen molar-refractivity contribution in [1.82, 2.24) is 10.6 Å². The zero-order chi connectivity index (χ0) is 20.1. The molecule has 0 unspecified atom stereocenters. The van der Waals surface area contributed by atoms with Crippen LogP contribution in [0.1, 0.15) is 21.7 Å². The molecule has 0 bridgehead atoms. The van der Waals surface area contributed by atoms with E-state index in [1.807, 2.05) is 30.3 Å². The van der Waals surface area contributed by atoms with Crippen LogP contribution in [-0.4, -0.2) is 24.6 Å². The van der Waals surface area contributed by atoms with Gasteiger partial charge in [0.2, 0.25) is 12.7 Å². The first-order valence-corrected chi connectivity index (χ1v) is 9.23. The zero-order valence-electron chi connectivity index (χ0n) is 15.6. The van der Waals surface area contributed by atoms with E-state index >= 15 is 0 Å². The lowest BCUT2D eigenvalue weighted by atomic mass is 10.0. The van der Waals surface area contributed by atoms with Crippen molar-refractivity contribution >= 4 is 11.8 Å². The smallest absolute Gasteiger partial charge is 0.252 e. The van der Waals surface area contributed by atoms with Crippen LogP contribution in [0.25, 0.3) is 0 Å². The number of benzene rings is 2.